The summed E-state index contributed by atoms with van der Waals surface area (Å²) < 4.78 is 7.33. The van der Waals surface area contributed by atoms with Gasteiger partial charge in [-0.25, -0.2) is 4.68 Å². The summed E-state index contributed by atoms with van der Waals surface area (Å²) in [6, 6.07) is 8.12. The molecule has 8 nitrogen and oxygen atoms in total. The standard InChI is InChI=1S/C25H36N6O2/c1-16(2)22(23-27-28-29-31(23)25(3,4)5)30(19-9-7-8-10-19)15-18-13-17-14-20(33-6)11-12-21(17)26-24(18)32/h11-14,16,19,22H,7-10,15H2,1-6H3,(H,26,32)/t22-/m1/s1. The molecule has 2 heterocycles. The molecule has 1 aliphatic carbocycles. The third-order valence-electron chi connectivity index (χ3n) is 6.66. The van der Waals surface area contributed by atoms with Crippen LogP contribution in [0.5, 0.6) is 5.75 Å². The van der Waals surface area contributed by atoms with Crippen LogP contribution in [-0.2, 0) is 12.1 Å². The zero-order valence-corrected chi connectivity index (χ0v) is 20.6. The second-order valence-corrected chi connectivity index (χ2v) is 10.5. The van der Waals surface area contributed by atoms with E-state index in [2.05, 4.69) is 60.0 Å². The smallest absolute Gasteiger partial charge is 0.252 e. The molecule has 3 aromatic rings. The molecule has 178 valence electrons. The van der Waals surface area contributed by atoms with E-state index in [0.717, 1.165) is 40.9 Å². The van der Waals surface area contributed by atoms with Gasteiger partial charge in [0.05, 0.1) is 18.7 Å². The van der Waals surface area contributed by atoms with Gasteiger partial charge in [0.2, 0.25) is 0 Å². The van der Waals surface area contributed by atoms with Crippen molar-refractivity contribution >= 4 is 10.9 Å². The van der Waals surface area contributed by atoms with E-state index < -0.39 is 0 Å². The fourth-order valence-corrected chi connectivity index (χ4v) is 5.05. The maximum absolute atomic E-state index is 13.1. The van der Waals surface area contributed by atoms with Gasteiger partial charge in [-0.2, -0.15) is 0 Å². The summed E-state index contributed by atoms with van der Waals surface area (Å²) >= 11 is 0. The highest BCUT2D eigenvalue weighted by molar-refractivity contribution is 5.80. The van der Waals surface area contributed by atoms with Gasteiger partial charge in [0.25, 0.3) is 5.56 Å². The lowest BCUT2D eigenvalue weighted by molar-refractivity contribution is 0.0802. The van der Waals surface area contributed by atoms with Crippen LogP contribution >= 0.6 is 0 Å². The van der Waals surface area contributed by atoms with Gasteiger partial charge in [0.1, 0.15) is 5.75 Å². The minimum atomic E-state index is -0.232. The van der Waals surface area contributed by atoms with Crippen LogP contribution in [0.4, 0.5) is 0 Å². The number of pyridine rings is 1. The molecular formula is C25H36N6O2. The van der Waals surface area contributed by atoms with Gasteiger partial charge in [-0.15, -0.1) is 5.10 Å². The molecule has 1 aromatic carbocycles. The SMILES string of the molecule is COc1ccc2[nH]c(=O)c(CN(C3CCCC3)[C@@H](c3nnnn3C(C)(C)C)C(C)C)cc2c1. The lowest BCUT2D eigenvalue weighted by Gasteiger charge is -2.39. The molecule has 8 heteroatoms. The Balaban J connectivity index is 1.79. The van der Waals surface area contributed by atoms with Crippen LogP contribution in [0, 0.1) is 5.92 Å². The first-order valence-corrected chi connectivity index (χ1v) is 11.9. The molecule has 1 fully saturated rings. The fraction of sp³-hybridized carbons (Fsp3) is 0.600. The van der Waals surface area contributed by atoms with Crippen molar-refractivity contribution in [1.82, 2.24) is 30.1 Å². The summed E-state index contributed by atoms with van der Waals surface area (Å²) in [6.07, 6.45) is 4.67. The van der Waals surface area contributed by atoms with Crippen molar-refractivity contribution in [2.75, 3.05) is 7.11 Å². The van der Waals surface area contributed by atoms with Crippen molar-refractivity contribution in [1.29, 1.82) is 0 Å². The summed E-state index contributed by atoms with van der Waals surface area (Å²) in [5, 5.41) is 13.8. The summed E-state index contributed by atoms with van der Waals surface area (Å²) in [7, 11) is 1.65. The molecule has 1 saturated carbocycles. The number of nitrogens with zero attached hydrogens (tertiary/aromatic N) is 5. The molecule has 0 saturated heterocycles. The topological polar surface area (TPSA) is 88.9 Å². The van der Waals surface area contributed by atoms with E-state index >= 15 is 0 Å². The predicted octanol–water partition coefficient (Wildman–Crippen LogP) is 4.42. The van der Waals surface area contributed by atoms with Crippen LogP contribution in [-0.4, -0.2) is 43.2 Å². The number of ether oxygens (including phenoxy) is 1. The number of benzene rings is 1. The quantitative estimate of drug-likeness (QED) is 0.571. The normalized spacial score (nSPS) is 16.2. The lowest BCUT2D eigenvalue weighted by Crippen LogP contribution is -2.42. The summed E-state index contributed by atoms with van der Waals surface area (Å²) in [6.45, 7) is 11.3. The fourth-order valence-electron chi connectivity index (χ4n) is 5.05. The molecule has 0 unspecified atom stereocenters. The van der Waals surface area contributed by atoms with E-state index in [0.29, 0.717) is 12.6 Å². The highest BCUT2D eigenvalue weighted by Crippen LogP contribution is 2.37. The van der Waals surface area contributed by atoms with Crippen molar-refractivity contribution in [2.24, 2.45) is 5.92 Å². The number of tetrazole rings is 1. The Kier molecular flexibility index (Phi) is 6.56. The Morgan fingerprint density at radius 1 is 1.21 bits per heavy atom. The van der Waals surface area contributed by atoms with Gasteiger partial charge >= 0.3 is 0 Å². The first-order chi connectivity index (χ1) is 15.7. The number of hydrogen-bond acceptors (Lipinski definition) is 6. The van der Waals surface area contributed by atoms with Crippen LogP contribution < -0.4 is 10.3 Å². The number of hydrogen-bond donors (Lipinski definition) is 1. The highest BCUT2D eigenvalue weighted by Gasteiger charge is 2.37. The van der Waals surface area contributed by atoms with Crippen LogP contribution in [0.3, 0.4) is 0 Å². The zero-order chi connectivity index (χ0) is 23.8. The Hall–Kier alpha value is -2.74. The molecule has 33 heavy (non-hydrogen) atoms. The average molecular weight is 453 g/mol. The molecule has 2 aromatic heterocycles. The van der Waals surface area contributed by atoms with Crippen molar-refractivity contribution in [2.45, 2.75) is 84.5 Å². The van der Waals surface area contributed by atoms with Crippen molar-refractivity contribution < 1.29 is 4.74 Å². The summed E-state index contributed by atoms with van der Waals surface area (Å²) in [5.41, 5.74) is 1.29. The van der Waals surface area contributed by atoms with Gasteiger partial charge in [-0.1, -0.05) is 26.7 Å². The third kappa shape index (κ3) is 4.81. The second kappa shape index (κ2) is 9.25. The number of aromatic nitrogens is 5. The molecule has 1 aliphatic rings. The van der Waals surface area contributed by atoms with Crippen molar-refractivity contribution in [3.05, 3.63) is 46.0 Å². The molecule has 0 radical (unpaired) electrons. The lowest BCUT2D eigenvalue weighted by atomic mass is 9.96. The van der Waals surface area contributed by atoms with Crippen LogP contribution in [0.1, 0.15) is 77.7 Å². The van der Waals surface area contributed by atoms with Gasteiger partial charge in [-0.3, -0.25) is 9.69 Å². The molecule has 0 aliphatic heterocycles. The van der Waals surface area contributed by atoms with Crippen LogP contribution in [0.2, 0.25) is 0 Å². The molecule has 4 rings (SSSR count). The third-order valence-corrected chi connectivity index (χ3v) is 6.66. The van der Waals surface area contributed by atoms with Crippen LogP contribution in [0.25, 0.3) is 10.9 Å². The maximum Gasteiger partial charge on any atom is 0.252 e. The minimum Gasteiger partial charge on any atom is -0.497 e. The van der Waals surface area contributed by atoms with Crippen molar-refractivity contribution in [3.8, 4) is 5.75 Å². The summed E-state index contributed by atoms with van der Waals surface area (Å²) in [5.74, 6) is 1.91. The van der Waals surface area contributed by atoms with E-state index in [1.165, 1.54) is 12.8 Å². The van der Waals surface area contributed by atoms with Gasteiger partial charge < -0.3 is 9.72 Å². The number of methoxy groups -OCH3 is 1. The number of H-pyrrole nitrogens is 1. The van der Waals surface area contributed by atoms with E-state index in [-0.39, 0.29) is 23.1 Å². The minimum absolute atomic E-state index is 0.00253. The second-order valence-electron chi connectivity index (χ2n) is 10.5. The van der Waals surface area contributed by atoms with E-state index in [4.69, 9.17) is 4.74 Å². The number of nitrogens with one attached hydrogen (secondary N) is 1. The van der Waals surface area contributed by atoms with E-state index in [9.17, 15) is 4.79 Å². The molecule has 0 bridgehead atoms. The number of aromatic amines is 1. The first-order valence-electron chi connectivity index (χ1n) is 11.9. The van der Waals surface area contributed by atoms with E-state index in [1.54, 1.807) is 7.11 Å². The monoisotopic (exact) mass is 452 g/mol. The summed E-state index contributed by atoms with van der Waals surface area (Å²) in [4.78, 5) is 18.6. The molecule has 1 N–H and O–H groups in total. The molecule has 0 spiro atoms. The Labute approximate surface area is 195 Å². The largest absolute Gasteiger partial charge is 0.497 e. The Morgan fingerprint density at radius 3 is 2.58 bits per heavy atom. The Morgan fingerprint density at radius 2 is 1.94 bits per heavy atom. The van der Waals surface area contributed by atoms with Crippen LogP contribution in [0.15, 0.2) is 29.1 Å². The maximum atomic E-state index is 13.1. The highest BCUT2D eigenvalue weighted by atomic mass is 16.5. The molecule has 0 amide bonds. The van der Waals surface area contributed by atoms with Gasteiger partial charge in [-0.05, 0) is 74.2 Å². The average Bonchev–Trinajstić information content (AvgIpc) is 3.45. The first kappa shape index (κ1) is 23.4. The van der Waals surface area contributed by atoms with Gasteiger partial charge in [0.15, 0.2) is 5.82 Å². The molecule has 1 atom stereocenters. The predicted molar refractivity (Wildman–Crippen MR) is 129 cm³/mol. The Bertz CT molecular complexity index is 1150. The molecular weight excluding hydrogens is 416 g/mol. The van der Waals surface area contributed by atoms with Crippen molar-refractivity contribution in [3.63, 3.8) is 0 Å². The number of rotatable bonds is 7. The van der Waals surface area contributed by atoms with E-state index in [1.807, 2.05) is 28.9 Å². The zero-order valence-electron chi connectivity index (χ0n) is 20.6. The number of fused-ring (bicyclic) bond motifs is 1. The van der Waals surface area contributed by atoms with Gasteiger partial charge in [0, 0.05) is 29.1 Å².